The molecule has 174 valence electrons. The van der Waals surface area contributed by atoms with Gasteiger partial charge in [-0.2, -0.15) is 0 Å². The summed E-state index contributed by atoms with van der Waals surface area (Å²) in [4.78, 5) is 7.30. The number of rotatable bonds is 11. The Morgan fingerprint density at radius 1 is 1.16 bits per heavy atom. The lowest BCUT2D eigenvalue weighted by molar-refractivity contribution is 0.0372. The first-order valence-corrected chi connectivity index (χ1v) is 11.9. The highest BCUT2D eigenvalue weighted by molar-refractivity contribution is 5.79. The van der Waals surface area contributed by atoms with E-state index in [-0.39, 0.29) is 6.10 Å². The third-order valence-corrected chi connectivity index (χ3v) is 5.92. The molecule has 0 amide bonds. The van der Waals surface area contributed by atoms with Gasteiger partial charge in [-0.1, -0.05) is 12.1 Å². The Balaban J connectivity index is 1.51. The fraction of sp³-hybridized carbons (Fsp3) is 0.708. The first kappa shape index (κ1) is 23.7. The maximum atomic E-state index is 6.34. The van der Waals surface area contributed by atoms with Crippen LogP contribution in [-0.4, -0.2) is 70.0 Å². The lowest BCUT2D eigenvalue weighted by Crippen LogP contribution is -2.39. The van der Waals surface area contributed by atoms with Crippen LogP contribution in [0.4, 0.5) is 0 Å². The second kappa shape index (κ2) is 13.4. The molecule has 0 unspecified atom stereocenters. The van der Waals surface area contributed by atoms with Crippen LogP contribution in [-0.2, 0) is 11.3 Å². The molecule has 0 atom stereocenters. The Labute approximate surface area is 187 Å². The number of aliphatic imine (C=N–C) groups is 1. The summed E-state index contributed by atoms with van der Waals surface area (Å²) in [5, 5.41) is 6.83. The summed E-state index contributed by atoms with van der Waals surface area (Å²) in [5.74, 6) is 2.49. The van der Waals surface area contributed by atoms with E-state index in [0.717, 1.165) is 88.2 Å². The summed E-state index contributed by atoms with van der Waals surface area (Å²) in [5.41, 5.74) is 1.07. The monoisotopic (exact) mass is 432 g/mol. The molecule has 1 aromatic carbocycles. The molecule has 2 fully saturated rings. The molecule has 1 saturated carbocycles. The number of nitrogens with zero attached hydrogens (tertiary/aromatic N) is 2. The summed E-state index contributed by atoms with van der Waals surface area (Å²) in [7, 11) is 1.70. The van der Waals surface area contributed by atoms with Gasteiger partial charge in [-0.05, 0) is 58.1 Å². The fourth-order valence-electron chi connectivity index (χ4n) is 4.15. The van der Waals surface area contributed by atoms with Gasteiger partial charge in [-0.3, -0.25) is 4.90 Å². The molecule has 31 heavy (non-hydrogen) atoms. The SMILES string of the molecule is CCNC(=NCc1cccc(OC)c1OC1CCCC1)NCCCCN1CCOCC1. The van der Waals surface area contributed by atoms with Gasteiger partial charge >= 0.3 is 0 Å². The van der Waals surface area contributed by atoms with Crippen LogP contribution in [0.25, 0.3) is 0 Å². The lowest BCUT2D eigenvalue weighted by atomic mass is 10.1. The van der Waals surface area contributed by atoms with Gasteiger partial charge in [0.1, 0.15) is 0 Å². The minimum absolute atomic E-state index is 0.289. The quantitative estimate of drug-likeness (QED) is 0.318. The Kier molecular flexibility index (Phi) is 10.3. The molecule has 1 saturated heterocycles. The average molecular weight is 433 g/mol. The summed E-state index contributed by atoms with van der Waals surface area (Å²) < 4.78 is 17.3. The fourth-order valence-corrected chi connectivity index (χ4v) is 4.15. The maximum Gasteiger partial charge on any atom is 0.191 e. The van der Waals surface area contributed by atoms with Gasteiger partial charge in [0.2, 0.25) is 0 Å². The van der Waals surface area contributed by atoms with Gasteiger partial charge in [-0.25, -0.2) is 4.99 Å². The second-order valence-corrected chi connectivity index (χ2v) is 8.26. The Bertz CT molecular complexity index is 671. The smallest absolute Gasteiger partial charge is 0.191 e. The van der Waals surface area contributed by atoms with Crippen molar-refractivity contribution in [3.8, 4) is 11.5 Å². The maximum absolute atomic E-state index is 6.34. The van der Waals surface area contributed by atoms with E-state index in [9.17, 15) is 0 Å². The molecular formula is C24H40N4O3. The highest BCUT2D eigenvalue weighted by Crippen LogP contribution is 2.35. The van der Waals surface area contributed by atoms with Gasteiger partial charge in [-0.15, -0.1) is 0 Å². The molecule has 3 rings (SSSR count). The molecule has 7 heteroatoms. The van der Waals surface area contributed by atoms with E-state index < -0.39 is 0 Å². The first-order chi connectivity index (χ1) is 15.3. The standard InChI is InChI=1S/C24H40N4O3/c1-3-25-24(26-13-6-7-14-28-15-17-30-18-16-28)27-19-20-9-8-12-22(29-2)23(20)31-21-10-4-5-11-21/h8-9,12,21H,3-7,10-11,13-19H2,1-2H3,(H2,25,26,27). The number of morpholine rings is 1. The third kappa shape index (κ3) is 7.89. The number of guanidine groups is 1. The van der Waals surface area contributed by atoms with Crippen LogP contribution >= 0.6 is 0 Å². The molecule has 1 aromatic rings. The van der Waals surface area contributed by atoms with Crippen LogP contribution in [0.1, 0.15) is 51.0 Å². The van der Waals surface area contributed by atoms with Crippen molar-refractivity contribution >= 4 is 5.96 Å². The van der Waals surface area contributed by atoms with Crippen LogP contribution in [0, 0.1) is 0 Å². The van der Waals surface area contributed by atoms with Gasteiger partial charge in [0.15, 0.2) is 17.5 Å². The molecule has 1 heterocycles. The minimum Gasteiger partial charge on any atom is -0.493 e. The molecule has 0 radical (unpaired) electrons. The molecule has 0 spiro atoms. The summed E-state index contributed by atoms with van der Waals surface area (Å²) >= 11 is 0. The Hall–Kier alpha value is -1.99. The van der Waals surface area contributed by atoms with E-state index in [1.165, 1.54) is 19.3 Å². The zero-order valence-corrected chi connectivity index (χ0v) is 19.3. The number of benzene rings is 1. The van der Waals surface area contributed by atoms with Crippen LogP contribution in [0.15, 0.2) is 23.2 Å². The van der Waals surface area contributed by atoms with E-state index in [1.54, 1.807) is 7.11 Å². The Morgan fingerprint density at radius 2 is 1.97 bits per heavy atom. The van der Waals surface area contributed by atoms with Crippen LogP contribution in [0.5, 0.6) is 11.5 Å². The van der Waals surface area contributed by atoms with Gasteiger partial charge < -0.3 is 24.8 Å². The number of hydrogen-bond donors (Lipinski definition) is 2. The highest BCUT2D eigenvalue weighted by atomic mass is 16.5. The number of methoxy groups -OCH3 is 1. The van der Waals surface area contributed by atoms with Crippen molar-refractivity contribution in [2.75, 3.05) is 53.0 Å². The van der Waals surface area contributed by atoms with E-state index in [1.807, 2.05) is 12.1 Å². The second-order valence-electron chi connectivity index (χ2n) is 8.26. The summed E-state index contributed by atoms with van der Waals surface area (Å²) in [6.45, 7) is 9.40. The molecule has 2 aliphatic rings. The molecule has 7 nitrogen and oxygen atoms in total. The first-order valence-electron chi connectivity index (χ1n) is 11.9. The highest BCUT2D eigenvalue weighted by Gasteiger charge is 2.20. The summed E-state index contributed by atoms with van der Waals surface area (Å²) in [6, 6.07) is 6.06. The molecule has 0 bridgehead atoms. The van der Waals surface area contributed by atoms with E-state index in [0.29, 0.717) is 6.54 Å². The van der Waals surface area contributed by atoms with Gasteiger partial charge in [0.25, 0.3) is 0 Å². The zero-order valence-electron chi connectivity index (χ0n) is 19.3. The predicted octanol–water partition coefficient (Wildman–Crippen LogP) is 3.18. The van der Waals surface area contributed by atoms with E-state index >= 15 is 0 Å². The van der Waals surface area contributed by atoms with Crippen molar-refractivity contribution in [2.45, 2.75) is 58.1 Å². The third-order valence-electron chi connectivity index (χ3n) is 5.92. The van der Waals surface area contributed by atoms with Crippen LogP contribution < -0.4 is 20.1 Å². The predicted molar refractivity (Wildman–Crippen MR) is 125 cm³/mol. The van der Waals surface area contributed by atoms with Gasteiger partial charge in [0, 0.05) is 31.7 Å². The van der Waals surface area contributed by atoms with E-state index in [4.69, 9.17) is 19.2 Å². The van der Waals surface area contributed by atoms with Crippen LogP contribution in [0.2, 0.25) is 0 Å². The average Bonchev–Trinajstić information content (AvgIpc) is 3.31. The van der Waals surface area contributed by atoms with Crippen LogP contribution in [0.3, 0.4) is 0 Å². The number of para-hydroxylation sites is 1. The molecule has 0 aromatic heterocycles. The van der Waals surface area contributed by atoms with Crippen molar-refractivity contribution in [1.29, 1.82) is 0 Å². The lowest BCUT2D eigenvalue weighted by Gasteiger charge is -2.26. The summed E-state index contributed by atoms with van der Waals surface area (Å²) in [6.07, 6.45) is 7.32. The molecular weight excluding hydrogens is 392 g/mol. The molecule has 2 N–H and O–H groups in total. The number of nitrogens with one attached hydrogen (secondary N) is 2. The zero-order chi connectivity index (χ0) is 21.7. The normalized spacial score (nSPS) is 18.2. The van der Waals surface area contributed by atoms with E-state index in [2.05, 4.69) is 28.5 Å². The molecule has 1 aliphatic carbocycles. The molecule has 1 aliphatic heterocycles. The number of unbranched alkanes of at least 4 members (excludes halogenated alkanes) is 1. The van der Waals surface area contributed by atoms with Gasteiger partial charge in [0.05, 0.1) is 33.0 Å². The minimum atomic E-state index is 0.289. The van der Waals surface area contributed by atoms with Crippen molar-refractivity contribution in [3.63, 3.8) is 0 Å². The van der Waals surface area contributed by atoms with Crippen molar-refractivity contribution < 1.29 is 14.2 Å². The van der Waals surface area contributed by atoms with Crippen molar-refractivity contribution in [1.82, 2.24) is 15.5 Å². The Morgan fingerprint density at radius 3 is 2.71 bits per heavy atom. The number of hydrogen-bond acceptors (Lipinski definition) is 5. The van der Waals surface area contributed by atoms with Crippen molar-refractivity contribution in [3.05, 3.63) is 23.8 Å². The number of ether oxygens (including phenoxy) is 3. The topological polar surface area (TPSA) is 67.4 Å². The largest absolute Gasteiger partial charge is 0.493 e. The van der Waals surface area contributed by atoms with Crippen molar-refractivity contribution in [2.24, 2.45) is 4.99 Å².